The molecule has 1 aliphatic rings. The van der Waals surface area contributed by atoms with Gasteiger partial charge in [0.05, 0.1) is 17.9 Å². The van der Waals surface area contributed by atoms with Gasteiger partial charge in [0.15, 0.2) is 10.8 Å². The minimum atomic E-state index is -0.194. The smallest absolute Gasteiger partial charge is 0.265 e. The molecule has 3 heterocycles. The monoisotopic (exact) mass is 440 g/mol. The molecule has 31 heavy (non-hydrogen) atoms. The minimum absolute atomic E-state index is 0.0343. The lowest BCUT2D eigenvalue weighted by Gasteiger charge is -2.18. The molecule has 4 rings (SSSR count). The molecule has 9 heteroatoms. The predicted molar refractivity (Wildman–Crippen MR) is 123 cm³/mol. The lowest BCUT2D eigenvalue weighted by Crippen LogP contribution is -2.36. The van der Waals surface area contributed by atoms with Crippen LogP contribution in [0.4, 0.5) is 0 Å². The van der Waals surface area contributed by atoms with Crippen LogP contribution in [-0.4, -0.2) is 62.1 Å². The van der Waals surface area contributed by atoms with Crippen LogP contribution in [-0.2, 0) is 4.79 Å². The van der Waals surface area contributed by atoms with Crippen LogP contribution in [0.3, 0.4) is 0 Å². The summed E-state index contributed by atoms with van der Waals surface area (Å²) < 4.78 is 3.36. The zero-order valence-electron chi connectivity index (χ0n) is 18.2. The minimum Gasteiger partial charge on any atom is -0.355 e. The van der Waals surface area contributed by atoms with E-state index in [0.29, 0.717) is 28.5 Å². The van der Waals surface area contributed by atoms with Crippen LogP contribution < -0.4 is 10.9 Å². The number of likely N-dealkylation sites (N-methyl/N-ethyl adjacent to an activating group) is 1. The van der Waals surface area contributed by atoms with Crippen molar-refractivity contribution in [3.8, 4) is 5.69 Å². The lowest BCUT2D eigenvalue weighted by molar-refractivity contribution is -0.121. The number of aryl methyl sites for hydroxylation is 1. The van der Waals surface area contributed by atoms with Gasteiger partial charge in [0.1, 0.15) is 5.39 Å². The van der Waals surface area contributed by atoms with Gasteiger partial charge in [-0.3, -0.25) is 14.2 Å². The number of amides is 1. The molecule has 1 unspecified atom stereocenters. The number of nitrogens with zero attached hydrogens (tertiary/aromatic N) is 5. The fourth-order valence-corrected chi connectivity index (χ4v) is 4.97. The van der Waals surface area contributed by atoms with Gasteiger partial charge in [0, 0.05) is 25.3 Å². The predicted octanol–water partition coefficient (Wildman–Crippen LogP) is 2.39. The SMILES string of the molecule is CCN(CC)CCNC(=O)CC1CSc2nc3c(cnn3-c3ccc(C)cc3)c(=O)n21. The number of rotatable bonds is 8. The van der Waals surface area contributed by atoms with Crippen LogP contribution in [0.1, 0.15) is 31.9 Å². The summed E-state index contributed by atoms with van der Waals surface area (Å²) >= 11 is 1.52. The quantitative estimate of drug-likeness (QED) is 0.542. The van der Waals surface area contributed by atoms with E-state index in [4.69, 9.17) is 4.98 Å². The van der Waals surface area contributed by atoms with Gasteiger partial charge < -0.3 is 10.2 Å². The Morgan fingerprint density at radius 3 is 2.71 bits per heavy atom. The van der Waals surface area contributed by atoms with Crippen molar-refractivity contribution in [1.82, 2.24) is 29.5 Å². The maximum Gasteiger partial charge on any atom is 0.265 e. The summed E-state index contributed by atoms with van der Waals surface area (Å²) in [5.41, 5.74) is 2.44. The molecule has 1 N–H and O–H groups in total. The van der Waals surface area contributed by atoms with Crippen molar-refractivity contribution in [2.75, 3.05) is 31.9 Å². The maximum atomic E-state index is 13.2. The number of carbonyl (C=O) groups excluding carboxylic acids is 1. The lowest BCUT2D eigenvalue weighted by atomic mass is 10.2. The molecule has 2 aromatic heterocycles. The normalized spacial score (nSPS) is 15.5. The number of aromatic nitrogens is 4. The Morgan fingerprint density at radius 2 is 2.00 bits per heavy atom. The zero-order chi connectivity index (χ0) is 22.0. The van der Waals surface area contributed by atoms with Crippen LogP contribution >= 0.6 is 11.8 Å². The number of carbonyl (C=O) groups is 1. The van der Waals surface area contributed by atoms with Gasteiger partial charge in [-0.1, -0.05) is 43.3 Å². The van der Waals surface area contributed by atoms with Crippen LogP contribution in [0.2, 0.25) is 0 Å². The molecule has 0 fully saturated rings. The van der Waals surface area contributed by atoms with Crippen molar-refractivity contribution in [1.29, 1.82) is 0 Å². The molecule has 1 atom stereocenters. The van der Waals surface area contributed by atoms with Crippen molar-refractivity contribution >= 4 is 28.7 Å². The standard InChI is InChI=1S/C22H28N6O2S/c1-4-26(5-2)11-10-23-19(29)12-17-14-31-22-25-20-18(21(30)27(17)22)13-24-28(20)16-8-6-15(3)7-9-16/h6-9,13,17H,4-5,10-12,14H2,1-3H3,(H,23,29). The van der Waals surface area contributed by atoms with E-state index in [0.717, 1.165) is 30.9 Å². The molecule has 8 nitrogen and oxygen atoms in total. The molecule has 1 aromatic carbocycles. The molecule has 164 valence electrons. The van der Waals surface area contributed by atoms with E-state index >= 15 is 0 Å². The Hall–Kier alpha value is -2.65. The molecule has 1 amide bonds. The van der Waals surface area contributed by atoms with Gasteiger partial charge in [-0.25, -0.2) is 9.67 Å². The number of hydrogen-bond donors (Lipinski definition) is 1. The first-order valence-electron chi connectivity index (χ1n) is 10.7. The fourth-order valence-electron chi connectivity index (χ4n) is 3.84. The highest BCUT2D eigenvalue weighted by Gasteiger charge is 2.29. The molecule has 0 spiro atoms. The van der Waals surface area contributed by atoms with Gasteiger partial charge >= 0.3 is 0 Å². The highest BCUT2D eigenvalue weighted by Crippen LogP contribution is 2.33. The Morgan fingerprint density at radius 1 is 1.26 bits per heavy atom. The molecule has 3 aromatic rings. The van der Waals surface area contributed by atoms with Gasteiger partial charge in [-0.2, -0.15) is 5.10 Å². The number of nitrogens with one attached hydrogen (secondary N) is 1. The number of fused-ring (bicyclic) bond motifs is 2. The Balaban J connectivity index is 1.53. The molecule has 1 aliphatic heterocycles. The molecule has 0 bridgehead atoms. The van der Waals surface area contributed by atoms with Crippen LogP contribution in [0, 0.1) is 6.92 Å². The summed E-state index contributed by atoms with van der Waals surface area (Å²) in [6, 6.07) is 7.75. The van der Waals surface area contributed by atoms with E-state index in [2.05, 4.69) is 29.2 Å². The Labute approximate surface area is 185 Å². The summed E-state index contributed by atoms with van der Waals surface area (Å²) in [4.78, 5) is 32.7. The molecular weight excluding hydrogens is 412 g/mol. The third-order valence-electron chi connectivity index (χ3n) is 5.71. The summed E-state index contributed by atoms with van der Waals surface area (Å²) in [5.74, 6) is 0.629. The average molecular weight is 441 g/mol. The van der Waals surface area contributed by atoms with Crippen molar-refractivity contribution in [2.24, 2.45) is 0 Å². The zero-order valence-corrected chi connectivity index (χ0v) is 19.0. The van der Waals surface area contributed by atoms with Crippen molar-refractivity contribution in [2.45, 2.75) is 38.4 Å². The van der Waals surface area contributed by atoms with E-state index in [1.165, 1.54) is 11.8 Å². The van der Waals surface area contributed by atoms with Gasteiger partial charge in [-0.15, -0.1) is 0 Å². The average Bonchev–Trinajstić information content (AvgIpc) is 3.37. The van der Waals surface area contributed by atoms with Gasteiger partial charge in [0.25, 0.3) is 5.56 Å². The van der Waals surface area contributed by atoms with Gasteiger partial charge in [0.2, 0.25) is 5.91 Å². The Bertz CT molecular complexity index is 1130. The van der Waals surface area contributed by atoms with Crippen molar-refractivity contribution in [3.05, 3.63) is 46.4 Å². The summed E-state index contributed by atoms with van der Waals surface area (Å²) in [7, 11) is 0. The second kappa shape index (κ2) is 9.23. The summed E-state index contributed by atoms with van der Waals surface area (Å²) in [6.07, 6.45) is 1.85. The second-order valence-corrected chi connectivity index (χ2v) is 8.73. The number of thioether (sulfide) groups is 1. The first-order valence-corrected chi connectivity index (χ1v) is 11.7. The molecule has 0 aliphatic carbocycles. The third kappa shape index (κ3) is 4.38. The first kappa shape index (κ1) is 21.6. The summed E-state index contributed by atoms with van der Waals surface area (Å²) in [5, 5.41) is 8.50. The van der Waals surface area contributed by atoms with E-state index in [9.17, 15) is 9.59 Å². The molecule has 0 saturated carbocycles. The van der Waals surface area contributed by atoms with Crippen LogP contribution in [0.25, 0.3) is 16.7 Å². The Kier molecular flexibility index (Phi) is 6.43. The van der Waals surface area contributed by atoms with E-state index in [-0.39, 0.29) is 23.9 Å². The van der Waals surface area contributed by atoms with E-state index in [1.54, 1.807) is 15.4 Å². The fraction of sp³-hybridized carbons (Fsp3) is 0.455. The second-order valence-electron chi connectivity index (χ2n) is 7.74. The highest BCUT2D eigenvalue weighted by molar-refractivity contribution is 7.99. The molecule has 0 radical (unpaired) electrons. The maximum absolute atomic E-state index is 13.2. The van der Waals surface area contributed by atoms with Crippen LogP contribution in [0.15, 0.2) is 40.4 Å². The first-order chi connectivity index (χ1) is 15.0. The van der Waals surface area contributed by atoms with Crippen LogP contribution in [0.5, 0.6) is 0 Å². The largest absolute Gasteiger partial charge is 0.355 e. The highest BCUT2D eigenvalue weighted by atomic mass is 32.2. The number of benzene rings is 1. The summed E-state index contributed by atoms with van der Waals surface area (Å²) in [6.45, 7) is 9.62. The molecular formula is C22H28N6O2S. The van der Waals surface area contributed by atoms with E-state index < -0.39 is 0 Å². The number of hydrogen-bond acceptors (Lipinski definition) is 6. The van der Waals surface area contributed by atoms with Gasteiger partial charge in [-0.05, 0) is 32.1 Å². The topological polar surface area (TPSA) is 85.1 Å². The van der Waals surface area contributed by atoms with E-state index in [1.807, 2.05) is 31.2 Å². The van der Waals surface area contributed by atoms with Crippen molar-refractivity contribution < 1.29 is 4.79 Å². The third-order valence-corrected chi connectivity index (χ3v) is 6.81. The molecule has 0 saturated heterocycles. The van der Waals surface area contributed by atoms with Crippen molar-refractivity contribution in [3.63, 3.8) is 0 Å².